The number of phenolic OH excluding ortho intramolecular Hbond substituents is 1. The largest absolute Gasteiger partial charge is 0.508 e. The molecule has 1 fully saturated rings. The van der Waals surface area contributed by atoms with Crippen molar-refractivity contribution < 1.29 is 28.9 Å². The summed E-state index contributed by atoms with van der Waals surface area (Å²) in [6.45, 7) is 6.15. The maximum absolute atomic E-state index is 15.1. The average Bonchev–Trinajstić information content (AvgIpc) is 3.91. The lowest BCUT2D eigenvalue weighted by atomic mass is 9.92. The number of nitrogens with zero attached hydrogens (tertiary/aromatic N) is 7. The number of anilines is 2. The molecule has 6 heterocycles. The maximum atomic E-state index is 15.1. The van der Waals surface area contributed by atoms with Gasteiger partial charge in [-0.3, -0.25) is 24.1 Å². The van der Waals surface area contributed by atoms with Gasteiger partial charge in [-0.05, 0) is 73.0 Å². The first-order valence-electron chi connectivity index (χ1n) is 18.4. The number of amides is 2. The molecule has 0 unspecified atom stereocenters. The van der Waals surface area contributed by atoms with Gasteiger partial charge in [0.25, 0.3) is 11.8 Å². The van der Waals surface area contributed by atoms with E-state index in [1.807, 2.05) is 54.8 Å². The molecular weight excluding hydrogens is 699 g/mol. The number of hydrogen-bond acceptors (Lipinski definition) is 9. The molecule has 13 nitrogen and oxygen atoms in total. The highest BCUT2D eigenvalue weighted by Gasteiger charge is 2.35. The minimum Gasteiger partial charge on any atom is -0.508 e. The number of hydrogen-bond donors (Lipinski definition) is 1. The number of benzene rings is 3. The zero-order chi connectivity index (χ0) is 37.8. The fraction of sp³-hybridized carbons (Fsp3) is 0.286. The minimum absolute atomic E-state index is 0.0516. The van der Waals surface area contributed by atoms with Gasteiger partial charge in [0.1, 0.15) is 5.75 Å². The summed E-state index contributed by atoms with van der Waals surface area (Å²) >= 11 is 0. The van der Waals surface area contributed by atoms with Gasteiger partial charge in [-0.1, -0.05) is 24.3 Å². The maximum Gasteiger partial charge on any atom is 0.264 e. The van der Waals surface area contributed by atoms with Crippen molar-refractivity contribution in [1.29, 1.82) is 0 Å². The lowest BCUT2D eigenvalue weighted by Crippen LogP contribution is -2.52. The van der Waals surface area contributed by atoms with E-state index < -0.39 is 0 Å². The third-order valence-electron chi connectivity index (χ3n) is 11.1. The van der Waals surface area contributed by atoms with E-state index in [-0.39, 0.29) is 30.4 Å². The molecule has 55 heavy (non-hydrogen) atoms. The Morgan fingerprint density at radius 1 is 0.891 bits per heavy atom. The summed E-state index contributed by atoms with van der Waals surface area (Å²) in [6.07, 6.45) is 4.10. The van der Waals surface area contributed by atoms with Crippen LogP contribution < -0.4 is 14.4 Å². The highest BCUT2D eigenvalue weighted by atomic mass is 16.7. The fourth-order valence-electron chi connectivity index (χ4n) is 7.99. The Labute approximate surface area is 317 Å². The molecule has 3 aliphatic heterocycles. The van der Waals surface area contributed by atoms with Crippen molar-refractivity contribution in [3.8, 4) is 28.5 Å². The van der Waals surface area contributed by atoms with E-state index in [2.05, 4.69) is 33.2 Å². The van der Waals surface area contributed by atoms with E-state index in [4.69, 9.17) is 14.2 Å². The number of morpholine rings is 1. The molecule has 0 radical (unpaired) electrons. The lowest BCUT2D eigenvalue weighted by Gasteiger charge is -2.40. The second kappa shape index (κ2) is 13.9. The van der Waals surface area contributed by atoms with E-state index in [0.29, 0.717) is 76.4 Å². The normalized spacial score (nSPS) is 16.7. The van der Waals surface area contributed by atoms with Gasteiger partial charge in [-0.2, -0.15) is 5.10 Å². The number of carbonyl (C=O) groups is 2. The van der Waals surface area contributed by atoms with Gasteiger partial charge in [0, 0.05) is 74.3 Å². The molecule has 6 aromatic rings. The third-order valence-corrected chi connectivity index (χ3v) is 11.1. The highest BCUT2D eigenvalue weighted by Crippen LogP contribution is 2.42. The predicted octanol–water partition coefficient (Wildman–Crippen LogP) is 5.59. The average molecular weight is 740 g/mol. The highest BCUT2D eigenvalue weighted by molar-refractivity contribution is 6.13. The van der Waals surface area contributed by atoms with Crippen LogP contribution >= 0.6 is 0 Å². The SMILES string of the molecule is Cc1c(C(=O)N(c2ccc(O)cc2)c2cnc3c(cnn3C)c2)cc(-c2cc3c(cc2C(=O)N2Cc4ccccc4C[C@H]2CN2CCOCC2)OCO3)n1C. The van der Waals surface area contributed by atoms with Crippen LogP contribution in [-0.2, 0) is 31.8 Å². The van der Waals surface area contributed by atoms with E-state index in [9.17, 15) is 9.90 Å². The summed E-state index contributed by atoms with van der Waals surface area (Å²) in [5.41, 5.74) is 7.08. The topological polar surface area (TPSA) is 127 Å². The number of aromatic nitrogens is 4. The van der Waals surface area contributed by atoms with Crippen molar-refractivity contribution in [3.05, 3.63) is 113 Å². The molecule has 0 saturated carbocycles. The predicted molar refractivity (Wildman–Crippen MR) is 206 cm³/mol. The quantitative estimate of drug-likeness (QED) is 0.223. The number of aromatic hydroxyl groups is 1. The molecule has 280 valence electrons. The Hall–Kier alpha value is -6.18. The summed E-state index contributed by atoms with van der Waals surface area (Å²) < 4.78 is 20.9. The molecule has 3 aromatic carbocycles. The van der Waals surface area contributed by atoms with Gasteiger partial charge in [-0.25, -0.2) is 4.98 Å². The monoisotopic (exact) mass is 739 g/mol. The summed E-state index contributed by atoms with van der Waals surface area (Å²) in [6, 6.07) is 22.1. The van der Waals surface area contributed by atoms with Gasteiger partial charge in [0.2, 0.25) is 6.79 Å². The Kier molecular flexibility index (Phi) is 8.74. The molecule has 13 heteroatoms. The zero-order valence-corrected chi connectivity index (χ0v) is 30.9. The van der Waals surface area contributed by atoms with Crippen LogP contribution in [0, 0.1) is 6.92 Å². The molecule has 3 aliphatic rings. The smallest absolute Gasteiger partial charge is 0.264 e. The van der Waals surface area contributed by atoms with Crippen LogP contribution in [0.4, 0.5) is 11.4 Å². The van der Waals surface area contributed by atoms with Gasteiger partial charge >= 0.3 is 0 Å². The van der Waals surface area contributed by atoms with Crippen molar-refractivity contribution in [1.82, 2.24) is 29.1 Å². The molecular formula is C42H41N7O6. The van der Waals surface area contributed by atoms with E-state index in [1.165, 1.54) is 5.56 Å². The van der Waals surface area contributed by atoms with Crippen LogP contribution in [0.1, 0.15) is 37.5 Å². The first-order chi connectivity index (χ1) is 26.7. The number of pyridine rings is 1. The third kappa shape index (κ3) is 6.24. The summed E-state index contributed by atoms with van der Waals surface area (Å²) in [5, 5.41) is 15.2. The van der Waals surface area contributed by atoms with Crippen LogP contribution in [0.15, 0.2) is 85.2 Å². The molecule has 0 bridgehead atoms. The Balaban J connectivity index is 1.13. The number of rotatable bonds is 7. The first kappa shape index (κ1) is 34.6. The minimum atomic E-state index is -0.304. The van der Waals surface area contributed by atoms with Crippen LogP contribution in [0.3, 0.4) is 0 Å². The summed E-state index contributed by atoms with van der Waals surface area (Å²) in [4.78, 5) is 40.5. The molecule has 1 atom stereocenters. The van der Waals surface area contributed by atoms with E-state index >= 15 is 4.79 Å². The Morgan fingerprint density at radius 2 is 1.64 bits per heavy atom. The molecule has 9 rings (SSSR count). The van der Waals surface area contributed by atoms with Crippen molar-refractivity contribution in [3.63, 3.8) is 0 Å². The van der Waals surface area contributed by atoms with Gasteiger partial charge in [0.05, 0.1) is 42.4 Å². The first-order valence-corrected chi connectivity index (χ1v) is 18.4. The second-order valence-electron chi connectivity index (χ2n) is 14.3. The molecule has 0 aliphatic carbocycles. The van der Waals surface area contributed by atoms with Crippen molar-refractivity contribution in [2.45, 2.75) is 25.9 Å². The van der Waals surface area contributed by atoms with Gasteiger partial charge in [0.15, 0.2) is 17.1 Å². The van der Waals surface area contributed by atoms with Gasteiger partial charge in [-0.15, -0.1) is 0 Å². The number of ether oxygens (including phenoxy) is 3. The zero-order valence-electron chi connectivity index (χ0n) is 30.9. The molecule has 3 aromatic heterocycles. The molecule has 2 amide bonds. The van der Waals surface area contributed by atoms with E-state index in [0.717, 1.165) is 37.0 Å². The molecule has 1 N–H and O–H groups in total. The summed E-state index contributed by atoms with van der Waals surface area (Å²) in [7, 11) is 3.71. The number of aryl methyl sites for hydroxylation is 1. The molecule has 1 saturated heterocycles. The number of carbonyl (C=O) groups excluding carboxylic acids is 2. The Bertz CT molecular complexity index is 2450. The van der Waals surface area contributed by atoms with Crippen LogP contribution in [0.2, 0.25) is 0 Å². The van der Waals surface area contributed by atoms with Gasteiger partial charge < -0.3 is 28.8 Å². The summed E-state index contributed by atoms with van der Waals surface area (Å²) in [5.74, 6) is 0.706. The second-order valence-corrected chi connectivity index (χ2v) is 14.3. The number of phenols is 1. The van der Waals surface area contributed by atoms with E-state index in [1.54, 1.807) is 52.3 Å². The van der Waals surface area contributed by atoms with Crippen LogP contribution in [-0.4, -0.2) is 91.7 Å². The van der Waals surface area contributed by atoms with Crippen molar-refractivity contribution >= 4 is 34.2 Å². The lowest BCUT2D eigenvalue weighted by molar-refractivity contribution is 0.0193. The van der Waals surface area contributed by atoms with Crippen LogP contribution in [0.5, 0.6) is 17.2 Å². The van der Waals surface area contributed by atoms with Crippen molar-refractivity contribution in [2.24, 2.45) is 14.1 Å². The molecule has 0 spiro atoms. The van der Waals surface area contributed by atoms with Crippen molar-refractivity contribution in [2.75, 3.05) is 44.5 Å². The number of fused-ring (bicyclic) bond motifs is 3. The Morgan fingerprint density at radius 3 is 2.42 bits per heavy atom. The van der Waals surface area contributed by atoms with Crippen LogP contribution in [0.25, 0.3) is 22.3 Å². The standard InChI is InChI=1S/C42H41N7O6/c1-26-34(42(52)49(30-8-10-33(50)11-9-30)31-17-29-21-44-46(3)40(29)43-22-31)18-37(45(26)2)35-19-38-39(55-25-54-38)20-36(35)41(51)48-23-28-7-5-4-6-27(28)16-32(48)24-47-12-14-53-15-13-47/h4-11,17-22,32,50H,12-16,23-25H2,1-3H3/t32-/m0/s1. The fourth-order valence-corrected chi connectivity index (χ4v) is 7.99.